The summed E-state index contributed by atoms with van der Waals surface area (Å²) in [5.74, 6) is -2.81. The first-order valence-electron chi connectivity index (χ1n) is 12.3. The van der Waals surface area contributed by atoms with Gasteiger partial charge in [-0.3, -0.25) is 9.59 Å². The van der Waals surface area contributed by atoms with Gasteiger partial charge in [-0.15, -0.1) is 11.6 Å². The van der Waals surface area contributed by atoms with E-state index in [1.165, 1.54) is 19.8 Å². The van der Waals surface area contributed by atoms with Crippen LogP contribution in [0.5, 0.6) is 0 Å². The third kappa shape index (κ3) is 12.2. The van der Waals surface area contributed by atoms with Crippen LogP contribution in [0.1, 0.15) is 85.0 Å². The topological polar surface area (TPSA) is 130 Å². The second-order valence-electron chi connectivity index (χ2n) is 8.16. The van der Waals surface area contributed by atoms with Gasteiger partial charge in [0.1, 0.15) is 12.2 Å². The maximum absolute atomic E-state index is 11.5. The van der Waals surface area contributed by atoms with Gasteiger partial charge in [0.2, 0.25) is 17.2 Å². The van der Waals surface area contributed by atoms with E-state index in [2.05, 4.69) is 10.3 Å². The molecule has 35 heavy (non-hydrogen) atoms. The summed E-state index contributed by atoms with van der Waals surface area (Å²) in [6.07, 6.45) is 10.4. The van der Waals surface area contributed by atoms with Gasteiger partial charge in [0.25, 0.3) is 0 Å². The molecule has 2 rings (SSSR count). The summed E-state index contributed by atoms with van der Waals surface area (Å²) in [7, 11) is 0. The lowest BCUT2D eigenvalue weighted by atomic mass is 9.98. The highest BCUT2D eigenvalue weighted by Crippen LogP contribution is 2.21. The van der Waals surface area contributed by atoms with Gasteiger partial charge in [-0.2, -0.15) is 0 Å². The SMILES string of the molecule is CCOC(=O)/C(=N\OC1CCCCC1)C(=O)CCl.CCOC(=O)C(=NOC1CCCCC1)C(C)=O. The van der Waals surface area contributed by atoms with Crippen molar-refractivity contribution in [3.8, 4) is 0 Å². The Balaban J connectivity index is 0.000000351. The molecule has 0 amide bonds. The minimum Gasteiger partial charge on any atom is -0.461 e. The molecule has 2 aliphatic carbocycles. The van der Waals surface area contributed by atoms with Crippen LogP contribution in [0.2, 0.25) is 0 Å². The second-order valence-corrected chi connectivity index (χ2v) is 8.43. The predicted molar refractivity (Wildman–Crippen MR) is 130 cm³/mol. The smallest absolute Gasteiger partial charge is 0.364 e. The van der Waals surface area contributed by atoms with Gasteiger partial charge in [0.15, 0.2) is 5.78 Å². The average molecular weight is 517 g/mol. The largest absolute Gasteiger partial charge is 0.461 e. The molecule has 0 atom stereocenters. The third-order valence-corrected chi connectivity index (χ3v) is 5.59. The Morgan fingerprint density at radius 1 is 0.714 bits per heavy atom. The van der Waals surface area contributed by atoms with E-state index in [1.807, 2.05) is 0 Å². The molecule has 10 nitrogen and oxygen atoms in total. The third-order valence-electron chi connectivity index (χ3n) is 5.35. The van der Waals surface area contributed by atoms with Gasteiger partial charge in [-0.1, -0.05) is 23.2 Å². The molecule has 2 fully saturated rings. The van der Waals surface area contributed by atoms with E-state index in [1.54, 1.807) is 13.8 Å². The average Bonchev–Trinajstić information content (AvgIpc) is 2.86. The van der Waals surface area contributed by atoms with Crippen LogP contribution in [0.3, 0.4) is 0 Å². The van der Waals surface area contributed by atoms with Gasteiger partial charge in [0, 0.05) is 6.92 Å². The predicted octanol–water partition coefficient (Wildman–Crippen LogP) is 3.91. The van der Waals surface area contributed by atoms with Crippen LogP contribution in [0.25, 0.3) is 0 Å². The number of alkyl halides is 1. The first kappa shape index (κ1) is 30.5. The van der Waals surface area contributed by atoms with E-state index < -0.39 is 23.5 Å². The van der Waals surface area contributed by atoms with Crippen molar-refractivity contribution in [2.45, 2.75) is 97.2 Å². The summed E-state index contributed by atoms with van der Waals surface area (Å²) in [5, 5.41) is 7.30. The van der Waals surface area contributed by atoms with Gasteiger partial charge < -0.3 is 19.1 Å². The molecule has 198 valence electrons. The lowest BCUT2D eigenvalue weighted by Crippen LogP contribution is -2.28. The number of esters is 2. The van der Waals surface area contributed by atoms with Crippen molar-refractivity contribution < 1.29 is 38.3 Å². The van der Waals surface area contributed by atoms with E-state index in [-0.39, 0.29) is 42.7 Å². The normalized spacial score (nSPS) is 17.5. The molecule has 0 saturated heterocycles. The molecule has 2 aliphatic rings. The molecule has 0 radical (unpaired) electrons. The fraction of sp³-hybridized carbons (Fsp3) is 0.750. The molecule has 0 heterocycles. The summed E-state index contributed by atoms with van der Waals surface area (Å²) in [6, 6.07) is 0. The molecular weight excluding hydrogens is 480 g/mol. The van der Waals surface area contributed by atoms with Crippen LogP contribution in [0.4, 0.5) is 0 Å². The number of ether oxygens (including phenoxy) is 2. The second kappa shape index (κ2) is 17.9. The molecule has 0 aliphatic heterocycles. The zero-order valence-electron chi connectivity index (χ0n) is 20.9. The molecule has 0 N–H and O–H groups in total. The highest BCUT2D eigenvalue weighted by atomic mass is 35.5. The van der Waals surface area contributed by atoms with E-state index in [9.17, 15) is 19.2 Å². The number of ketones is 2. The van der Waals surface area contributed by atoms with E-state index in [0.29, 0.717) is 0 Å². The molecule has 0 aromatic carbocycles. The first-order chi connectivity index (χ1) is 16.8. The van der Waals surface area contributed by atoms with Crippen molar-refractivity contribution in [3.05, 3.63) is 0 Å². The zero-order chi connectivity index (χ0) is 26.1. The summed E-state index contributed by atoms with van der Waals surface area (Å²) < 4.78 is 9.47. The Morgan fingerprint density at radius 2 is 1.11 bits per heavy atom. The molecule has 0 spiro atoms. The van der Waals surface area contributed by atoms with Crippen molar-refractivity contribution in [2.24, 2.45) is 10.3 Å². The van der Waals surface area contributed by atoms with E-state index in [4.69, 9.17) is 30.7 Å². The van der Waals surface area contributed by atoms with E-state index in [0.717, 1.165) is 51.4 Å². The van der Waals surface area contributed by atoms with Crippen molar-refractivity contribution in [1.82, 2.24) is 0 Å². The van der Waals surface area contributed by atoms with Gasteiger partial charge in [0.05, 0.1) is 19.1 Å². The number of rotatable bonds is 11. The van der Waals surface area contributed by atoms with E-state index >= 15 is 0 Å². The highest BCUT2D eigenvalue weighted by molar-refractivity contribution is 6.67. The Bertz CT molecular complexity index is 757. The van der Waals surface area contributed by atoms with Crippen molar-refractivity contribution in [3.63, 3.8) is 0 Å². The number of oxime groups is 2. The molecule has 0 aromatic rings. The fourth-order valence-corrected chi connectivity index (χ4v) is 3.63. The zero-order valence-corrected chi connectivity index (χ0v) is 21.6. The minimum absolute atomic E-state index is 0.0209. The number of halogens is 1. The Hall–Kier alpha value is -2.49. The maximum atomic E-state index is 11.5. The standard InChI is InChI=1S/C12H18ClNO4.C12H19NO4/c1-2-17-12(16)11(10(15)8-13)14-18-9-6-4-3-5-7-9;1-3-16-12(15)11(9(2)14)13-17-10-7-5-4-6-8-10/h9H,2-8H2,1H3;10H,3-8H2,1-2H3/b14-11-;. The number of hydrogen-bond acceptors (Lipinski definition) is 10. The van der Waals surface area contributed by atoms with Crippen molar-refractivity contribution >= 4 is 46.5 Å². The number of hydrogen-bond donors (Lipinski definition) is 0. The fourth-order valence-electron chi connectivity index (χ4n) is 3.51. The monoisotopic (exact) mass is 516 g/mol. The lowest BCUT2D eigenvalue weighted by molar-refractivity contribution is -0.137. The first-order valence-corrected chi connectivity index (χ1v) is 12.8. The number of Topliss-reactive ketones (excluding diaryl/α,β-unsaturated/α-hetero) is 2. The molecule has 11 heteroatoms. The number of nitrogens with zero attached hydrogens (tertiary/aromatic N) is 2. The number of carbonyl (C=O) groups is 4. The van der Waals surface area contributed by atoms with Crippen LogP contribution >= 0.6 is 11.6 Å². The molecular formula is C24H37ClN2O8. The molecule has 2 saturated carbocycles. The van der Waals surface area contributed by atoms with Gasteiger partial charge >= 0.3 is 11.9 Å². The molecule has 0 unspecified atom stereocenters. The Kier molecular flexibility index (Phi) is 15.6. The van der Waals surface area contributed by atoms with Crippen LogP contribution in [0.15, 0.2) is 10.3 Å². The summed E-state index contributed by atoms with van der Waals surface area (Å²) in [6.45, 7) is 5.01. The number of carbonyl (C=O) groups excluding carboxylic acids is 4. The maximum Gasteiger partial charge on any atom is 0.364 e. The molecule has 0 aromatic heterocycles. The van der Waals surface area contributed by atoms with Crippen LogP contribution in [-0.4, -0.2) is 66.2 Å². The van der Waals surface area contributed by atoms with Gasteiger partial charge in [-0.25, -0.2) is 9.59 Å². The van der Waals surface area contributed by atoms with Crippen LogP contribution in [0, 0.1) is 0 Å². The summed E-state index contributed by atoms with van der Waals surface area (Å²) in [4.78, 5) is 56.1. The minimum atomic E-state index is -0.779. The quantitative estimate of drug-likeness (QED) is 0.133. The Labute approximate surface area is 211 Å². The lowest BCUT2D eigenvalue weighted by Gasteiger charge is -2.19. The summed E-state index contributed by atoms with van der Waals surface area (Å²) >= 11 is 5.42. The van der Waals surface area contributed by atoms with Crippen molar-refractivity contribution in [2.75, 3.05) is 19.1 Å². The van der Waals surface area contributed by atoms with Crippen LogP contribution < -0.4 is 0 Å². The van der Waals surface area contributed by atoms with Crippen molar-refractivity contribution in [1.29, 1.82) is 0 Å². The Morgan fingerprint density at radius 3 is 1.49 bits per heavy atom. The van der Waals surface area contributed by atoms with Crippen LogP contribution in [-0.2, 0) is 38.3 Å². The molecule has 0 bridgehead atoms. The van der Waals surface area contributed by atoms with Gasteiger partial charge in [-0.05, 0) is 65.2 Å². The highest BCUT2D eigenvalue weighted by Gasteiger charge is 2.24. The summed E-state index contributed by atoms with van der Waals surface area (Å²) in [5.41, 5.74) is -0.602.